The molecule has 0 fully saturated rings. The first-order chi connectivity index (χ1) is 8.97. The van der Waals surface area contributed by atoms with Crippen LogP contribution >= 0.6 is 0 Å². The Morgan fingerprint density at radius 3 is 2.26 bits per heavy atom. The Kier molecular flexibility index (Phi) is 6.03. The second-order valence-electron chi connectivity index (χ2n) is 5.26. The number of carbonyl (C=O) groups is 1. The first kappa shape index (κ1) is 15.7. The van der Waals surface area contributed by atoms with Crippen LogP contribution in [0.3, 0.4) is 0 Å². The molecule has 1 rings (SSSR count). The highest BCUT2D eigenvalue weighted by atomic mass is 16.2. The van der Waals surface area contributed by atoms with E-state index < -0.39 is 0 Å². The number of carbonyl (C=O) groups excluding carboxylic acids is 1. The van der Waals surface area contributed by atoms with Crippen LogP contribution in [0.4, 0.5) is 5.69 Å². The van der Waals surface area contributed by atoms with Crippen LogP contribution in [0.25, 0.3) is 0 Å². The quantitative estimate of drug-likeness (QED) is 0.799. The number of amides is 1. The van der Waals surface area contributed by atoms with Crippen LogP contribution in [-0.4, -0.2) is 26.5 Å². The van der Waals surface area contributed by atoms with Crippen LogP contribution < -0.4 is 10.2 Å². The lowest BCUT2D eigenvalue weighted by atomic mass is 10.0. The number of nitrogens with zero attached hydrogens (tertiary/aromatic N) is 1. The highest BCUT2D eigenvalue weighted by Crippen LogP contribution is 2.26. The minimum Gasteiger partial charge on any atom is -0.320 e. The van der Waals surface area contributed by atoms with Crippen LogP contribution in [0.2, 0.25) is 0 Å². The summed E-state index contributed by atoms with van der Waals surface area (Å²) in [7, 11) is 3.82. The molecule has 106 valence electrons. The number of benzene rings is 1. The molecule has 3 heteroatoms. The molecule has 0 heterocycles. The molecule has 0 spiro atoms. The van der Waals surface area contributed by atoms with Crippen LogP contribution in [0.5, 0.6) is 0 Å². The van der Waals surface area contributed by atoms with E-state index in [4.69, 9.17) is 0 Å². The van der Waals surface area contributed by atoms with Gasteiger partial charge in [0.15, 0.2) is 0 Å². The number of hydrogen-bond donors (Lipinski definition) is 1. The molecule has 0 saturated heterocycles. The minimum atomic E-state index is 0.200. The molecule has 0 unspecified atom stereocenters. The van der Waals surface area contributed by atoms with E-state index in [0.29, 0.717) is 6.42 Å². The molecule has 0 aliphatic rings. The van der Waals surface area contributed by atoms with Gasteiger partial charge in [-0.3, -0.25) is 4.79 Å². The van der Waals surface area contributed by atoms with E-state index in [1.807, 2.05) is 19.0 Å². The van der Waals surface area contributed by atoms with Gasteiger partial charge < -0.3 is 10.2 Å². The summed E-state index contributed by atoms with van der Waals surface area (Å²) in [5.41, 5.74) is 4.64. The van der Waals surface area contributed by atoms with Gasteiger partial charge in [0.05, 0.1) is 0 Å². The number of nitrogens with one attached hydrogen (secondary N) is 1. The molecule has 0 atom stereocenters. The standard InChI is InChI=1S/C16H26N2O/c1-12-10-13(2)16(14(3)11-12)18(5)15(19)8-6-7-9-17-4/h10-11,17H,6-9H2,1-5H3. The van der Waals surface area contributed by atoms with Crippen LogP contribution in [-0.2, 0) is 4.79 Å². The van der Waals surface area contributed by atoms with Crippen molar-refractivity contribution in [2.75, 3.05) is 25.5 Å². The van der Waals surface area contributed by atoms with Crippen molar-refractivity contribution in [3.63, 3.8) is 0 Å². The first-order valence-electron chi connectivity index (χ1n) is 6.96. The van der Waals surface area contributed by atoms with E-state index in [0.717, 1.165) is 25.1 Å². The van der Waals surface area contributed by atoms with E-state index in [2.05, 4.69) is 38.2 Å². The maximum Gasteiger partial charge on any atom is 0.226 e. The number of hydrogen-bond acceptors (Lipinski definition) is 2. The Labute approximate surface area is 117 Å². The first-order valence-corrected chi connectivity index (χ1v) is 6.96. The zero-order chi connectivity index (χ0) is 14.4. The normalized spacial score (nSPS) is 10.6. The van der Waals surface area contributed by atoms with Crippen molar-refractivity contribution in [3.05, 3.63) is 28.8 Å². The summed E-state index contributed by atoms with van der Waals surface area (Å²) >= 11 is 0. The predicted molar refractivity (Wildman–Crippen MR) is 81.8 cm³/mol. The summed E-state index contributed by atoms with van der Waals surface area (Å²) in [4.78, 5) is 14.0. The van der Waals surface area contributed by atoms with Crippen molar-refractivity contribution < 1.29 is 4.79 Å². The molecule has 0 aliphatic heterocycles. The van der Waals surface area contributed by atoms with Gasteiger partial charge in [-0.1, -0.05) is 17.7 Å². The molecule has 19 heavy (non-hydrogen) atoms. The summed E-state index contributed by atoms with van der Waals surface area (Å²) in [6, 6.07) is 4.26. The fourth-order valence-corrected chi connectivity index (χ4v) is 2.57. The van der Waals surface area contributed by atoms with E-state index >= 15 is 0 Å². The van der Waals surface area contributed by atoms with E-state index in [1.165, 1.54) is 16.7 Å². The smallest absolute Gasteiger partial charge is 0.226 e. The van der Waals surface area contributed by atoms with E-state index in [-0.39, 0.29) is 5.91 Å². The molecule has 0 aromatic heterocycles. The van der Waals surface area contributed by atoms with E-state index in [1.54, 1.807) is 0 Å². The molecule has 0 aliphatic carbocycles. The van der Waals surface area contributed by atoms with Gasteiger partial charge in [0.2, 0.25) is 5.91 Å². The fraction of sp³-hybridized carbons (Fsp3) is 0.562. The maximum absolute atomic E-state index is 12.2. The predicted octanol–water partition coefficient (Wildman–Crippen LogP) is 2.96. The molecule has 1 N–H and O–H groups in total. The highest BCUT2D eigenvalue weighted by molar-refractivity contribution is 5.94. The number of unbranched alkanes of at least 4 members (excludes halogenated alkanes) is 1. The molecule has 1 amide bonds. The van der Waals surface area contributed by atoms with Gasteiger partial charge in [-0.05, 0) is 58.3 Å². The Bertz CT molecular complexity index is 417. The second-order valence-corrected chi connectivity index (χ2v) is 5.26. The molecule has 1 aromatic rings. The zero-order valence-corrected chi connectivity index (χ0v) is 12.8. The van der Waals surface area contributed by atoms with Gasteiger partial charge >= 0.3 is 0 Å². The summed E-state index contributed by atoms with van der Waals surface area (Å²) in [6.07, 6.45) is 2.60. The SMILES string of the molecule is CNCCCCC(=O)N(C)c1c(C)cc(C)cc1C. The van der Waals surface area contributed by atoms with Gasteiger partial charge in [-0.25, -0.2) is 0 Å². The van der Waals surface area contributed by atoms with Gasteiger partial charge in [0, 0.05) is 19.2 Å². The lowest BCUT2D eigenvalue weighted by Crippen LogP contribution is -2.27. The average Bonchev–Trinajstić information content (AvgIpc) is 2.33. The maximum atomic E-state index is 12.2. The van der Waals surface area contributed by atoms with Crippen molar-refractivity contribution >= 4 is 11.6 Å². The van der Waals surface area contributed by atoms with Gasteiger partial charge in [0.1, 0.15) is 0 Å². The Balaban J connectivity index is 2.72. The fourth-order valence-electron chi connectivity index (χ4n) is 2.57. The van der Waals surface area contributed by atoms with Crippen molar-refractivity contribution in [1.82, 2.24) is 5.32 Å². The van der Waals surface area contributed by atoms with Gasteiger partial charge in [0.25, 0.3) is 0 Å². The highest BCUT2D eigenvalue weighted by Gasteiger charge is 2.15. The topological polar surface area (TPSA) is 32.3 Å². The third-order valence-corrected chi connectivity index (χ3v) is 3.41. The number of rotatable bonds is 6. The molecule has 1 aromatic carbocycles. The third-order valence-electron chi connectivity index (χ3n) is 3.41. The Morgan fingerprint density at radius 1 is 1.16 bits per heavy atom. The van der Waals surface area contributed by atoms with Crippen LogP contribution in [0, 0.1) is 20.8 Å². The third kappa shape index (κ3) is 4.35. The van der Waals surface area contributed by atoms with Crippen molar-refractivity contribution in [1.29, 1.82) is 0 Å². The largest absolute Gasteiger partial charge is 0.320 e. The summed E-state index contributed by atoms with van der Waals surface area (Å²) in [5, 5.41) is 3.10. The molecule has 0 radical (unpaired) electrons. The lowest BCUT2D eigenvalue weighted by molar-refractivity contribution is -0.118. The minimum absolute atomic E-state index is 0.200. The summed E-state index contributed by atoms with van der Waals surface area (Å²) in [6.45, 7) is 7.20. The number of anilines is 1. The second kappa shape index (κ2) is 7.29. The average molecular weight is 262 g/mol. The molecule has 0 bridgehead atoms. The van der Waals surface area contributed by atoms with Gasteiger partial charge in [-0.15, -0.1) is 0 Å². The van der Waals surface area contributed by atoms with Crippen molar-refractivity contribution in [2.24, 2.45) is 0 Å². The Morgan fingerprint density at radius 2 is 1.74 bits per heavy atom. The van der Waals surface area contributed by atoms with Crippen LogP contribution in [0.15, 0.2) is 12.1 Å². The zero-order valence-electron chi connectivity index (χ0n) is 12.8. The number of aryl methyl sites for hydroxylation is 3. The Hall–Kier alpha value is -1.35. The summed E-state index contributed by atoms with van der Waals surface area (Å²) < 4.78 is 0. The van der Waals surface area contributed by atoms with Crippen molar-refractivity contribution in [3.8, 4) is 0 Å². The monoisotopic (exact) mass is 262 g/mol. The van der Waals surface area contributed by atoms with Crippen LogP contribution in [0.1, 0.15) is 36.0 Å². The molecule has 3 nitrogen and oxygen atoms in total. The summed E-state index contributed by atoms with van der Waals surface area (Å²) in [5.74, 6) is 0.200. The molecular weight excluding hydrogens is 236 g/mol. The molecule has 0 saturated carbocycles. The van der Waals surface area contributed by atoms with Gasteiger partial charge in [-0.2, -0.15) is 0 Å². The lowest BCUT2D eigenvalue weighted by Gasteiger charge is -2.22. The van der Waals surface area contributed by atoms with Crippen molar-refractivity contribution in [2.45, 2.75) is 40.0 Å². The molecular formula is C16H26N2O. The van der Waals surface area contributed by atoms with E-state index in [9.17, 15) is 4.79 Å².